The molecular weight excluding hydrogens is 417 g/mol. The number of ether oxygens (including phenoxy) is 1. The molecule has 13 heteroatoms. The van der Waals surface area contributed by atoms with E-state index in [2.05, 4.69) is 10.3 Å². The molecule has 0 spiro atoms. The smallest absolute Gasteiger partial charge is 0.328 e. The van der Waals surface area contributed by atoms with E-state index in [1.807, 2.05) is 0 Å². The number of nitrogens with zero attached hydrogens (tertiary/aromatic N) is 4. The number of epoxide rings is 1. The number of rotatable bonds is 3. The Hall–Kier alpha value is -3.22. The molecule has 2 amide bonds. The summed E-state index contributed by atoms with van der Waals surface area (Å²) in [4.78, 5) is 32.1. The summed E-state index contributed by atoms with van der Waals surface area (Å²) in [5.74, 6) is -4.69. The fraction of sp³-hybridized carbons (Fsp3) is 0.353. The number of carbonyl (C=O) groups excluding carboxylic acids is 2. The van der Waals surface area contributed by atoms with Gasteiger partial charge in [-0.25, -0.2) is 13.8 Å². The van der Waals surface area contributed by atoms with E-state index in [-0.39, 0.29) is 17.7 Å². The number of anilines is 2. The number of nitrogens with one attached hydrogen (secondary N) is 1. The van der Waals surface area contributed by atoms with E-state index in [9.17, 15) is 31.5 Å². The quantitative estimate of drug-likeness (QED) is 0.594. The van der Waals surface area contributed by atoms with Gasteiger partial charge in [-0.15, -0.1) is 0 Å². The molecule has 30 heavy (non-hydrogen) atoms. The van der Waals surface area contributed by atoms with Crippen molar-refractivity contribution in [3.63, 3.8) is 0 Å². The lowest BCUT2D eigenvalue weighted by atomic mass is 10.1. The molecule has 1 fully saturated rings. The third-order valence-electron chi connectivity index (χ3n) is 4.81. The molecule has 1 aromatic heterocycles. The maximum atomic E-state index is 13.7. The highest BCUT2D eigenvalue weighted by molar-refractivity contribution is 5.99. The van der Waals surface area contributed by atoms with Crippen LogP contribution in [0, 0.1) is 11.6 Å². The van der Waals surface area contributed by atoms with Crippen molar-refractivity contribution in [1.29, 1.82) is 0 Å². The van der Waals surface area contributed by atoms with Gasteiger partial charge in [0.1, 0.15) is 23.7 Å². The van der Waals surface area contributed by atoms with Gasteiger partial charge in [-0.05, 0) is 12.1 Å². The van der Waals surface area contributed by atoms with E-state index >= 15 is 0 Å². The van der Waals surface area contributed by atoms with Crippen molar-refractivity contribution in [2.75, 3.05) is 24.3 Å². The zero-order valence-electron chi connectivity index (χ0n) is 15.5. The lowest BCUT2D eigenvalue weighted by Crippen LogP contribution is -2.32. The van der Waals surface area contributed by atoms with Crippen LogP contribution in [-0.2, 0) is 22.3 Å². The maximum Gasteiger partial charge on any atom is 0.422 e. The second-order valence-corrected chi connectivity index (χ2v) is 6.85. The maximum absolute atomic E-state index is 13.7. The minimum Gasteiger partial charge on any atom is -0.328 e. The largest absolute Gasteiger partial charge is 0.422 e. The molecule has 1 saturated heterocycles. The van der Waals surface area contributed by atoms with Crippen LogP contribution in [0.4, 0.5) is 33.5 Å². The van der Waals surface area contributed by atoms with Crippen molar-refractivity contribution in [1.82, 2.24) is 14.5 Å². The molecule has 4 rings (SSSR count). The minimum absolute atomic E-state index is 0.107. The monoisotopic (exact) mass is 431 g/mol. The van der Waals surface area contributed by atoms with Crippen molar-refractivity contribution in [3.05, 3.63) is 41.4 Å². The molecule has 0 radical (unpaired) electrons. The first kappa shape index (κ1) is 20.1. The first-order valence-electron chi connectivity index (χ1n) is 8.55. The number of imidazole rings is 1. The van der Waals surface area contributed by atoms with Gasteiger partial charge in [0, 0.05) is 19.8 Å². The Balaban J connectivity index is 1.55. The molecule has 0 saturated carbocycles. The van der Waals surface area contributed by atoms with Gasteiger partial charge in [0.05, 0.1) is 6.33 Å². The van der Waals surface area contributed by atoms with Gasteiger partial charge in [-0.1, -0.05) is 0 Å². The van der Waals surface area contributed by atoms with Gasteiger partial charge in [0.25, 0.3) is 5.91 Å². The predicted octanol–water partition coefficient (Wildman–Crippen LogP) is 2.02. The first-order valence-corrected chi connectivity index (χ1v) is 8.55. The lowest BCUT2D eigenvalue weighted by Gasteiger charge is -2.16. The van der Waals surface area contributed by atoms with Crippen LogP contribution < -0.4 is 10.2 Å². The average molecular weight is 431 g/mol. The molecule has 160 valence electrons. The van der Waals surface area contributed by atoms with Crippen molar-refractivity contribution in [2.24, 2.45) is 0 Å². The Labute approximate surface area is 165 Å². The van der Waals surface area contributed by atoms with Crippen molar-refractivity contribution < 1.29 is 36.3 Å². The van der Waals surface area contributed by atoms with Crippen molar-refractivity contribution in [2.45, 2.75) is 25.2 Å². The zero-order chi connectivity index (χ0) is 22.0. The molecule has 8 nitrogen and oxygen atoms in total. The van der Waals surface area contributed by atoms with Crippen LogP contribution in [-0.4, -0.2) is 52.8 Å². The second-order valence-electron chi connectivity index (χ2n) is 6.85. The van der Waals surface area contributed by atoms with Crippen LogP contribution in [0.25, 0.3) is 0 Å². The number of benzene rings is 1. The van der Waals surface area contributed by atoms with E-state index in [0.717, 1.165) is 0 Å². The number of amides is 2. The molecule has 2 aliphatic heterocycles. The highest BCUT2D eigenvalue weighted by Crippen LogP contribution is 2.37. The van der Waals surface area contributed by atoms with Crippen LogP contribution >= 0.6 is 0 Å². The third kappa shape index (κ3) is 3.24. The van der Waals surface area contributed by atoms with Crippen LogP contribution in [0.1, 0.15) is 16.1 Å². The van der Waals surface area contributed by atoms with Crippen LogP contribution in [0.5, 0.6) is 0 Å². The first-order chi connectivity index (χ1) is 14.0. The molecule has 0 bridgehead atoms. The molecule has 3 heterocycles. The number of hydrogen-bond donors (Lipinski definition) is 1. The summed E-state index contributed by atoms with van der Waals surface area (Å²) >= 11 is 0. The van der Waals surface area contributed by atoms with Gasteiger partial charge in [-0.3, -0.25) is 9.59 Å². The normalized spacial score (nSPS) is 20.6. The Morgan fingerprint density at radius 3 is 2.37 bits per heavy atom. The summed E-state index contributed by atoms with van der Waals surface area (Å²) in [6, 6.07) is 0.742. The van der Waals surface area contributed by atoms with Crippen LogP contribution in [0.2, 0.25) is 0 Å². The molecule has 0 aliphatic carbocycles. The topological polar surface area (TPSA) is 83.0 Å². The Bertz CT molecular complexity index is 1030. The number of halogens is 5. The van der Waals surface area contributed by atoms with Gasteiger partial charge in [0.15, 0.2) is 24.0 Å². The summed E-state index contributed by atoms with van der Waals surface area (Å²) < 4.78 is 72.0. The molecular formula is C17H14F5N5O3. The van der Waals surface area contributed by atoms with Crippen LogP contribution in [0.3, 0.4) is 0 Å². The average Bonchev–Trinajstić information content (AvgIpc) is 3.32. The minimum atomic E-state index is -5.21. The fourth-order valence-corrected chi connectivity index (χ4v) is 3.31. The summed E-state index contributed by atoms with van der Waals surface area (Å²) in [6.07, 6.45) is -4.79. The van der Waals surface area contributed by atoms with Crippen LogP contribution in [0.15, 0.2) is 18.5 Å². The van der Waals surface area contributed by atoms with E-state index in [1.54, 1.807) is 11.9 Å². The Morgan fingerprint density at radius 2 is 1.77 bits per heavy atom. The number of alkyl halides is 3. The predicted molar refractivity (Wildman–Crippen MR) is 91.4 cm³/mol. The van der Waals surface area contributed by atoms with Gasteiger partial charge in [0.2, 0.25) is 5.91 Å². The molecule has 2 unspecified atom stereocenters. The highest BCUT2D eigenvalue weighted by Gasteiger charge is 2.52. The zero-order valence-corrected chi connectivity index (χ0v) is 15.5. The highest BCUT2D eigenvalue weighted by atomic mass is 19.4. The number of carbonyl (C=O) groups is 2. The number of likely N-dealkylation sites (N-methyl/N-ethyl adjacent to an activating group) is 2. The van der Waals surface area contributed by atoms with E-state index < -0.39 is 53.6 Å². The molecule has 2 atom stereocenters. The number of hydrogen-bond acceptors (Lipinski definition) is 5. The van der Waals surface area contributed by atoms with Gasteiger partial charge >= 0.3 is 6.18 Å². The molecule has 2 aliphatic rings. The fourth-order valence-electron chi connectivity index (χ4n) is 3.31. The van der Waals surface area contributed by atoms with Crippen molar-refractivity contribution >= 4 is 23.3 Å². The molecule has 1 N–H and O–H groups in total. The van der Waals surface area contributed by atoms with Gasteiger partial charge in [-0.2, -0.15) is 13.2 Å². The summed E-state index contributed by atoms with van der Waals surface area (Å²) in [5, 5.41) is 2.12. The Kier molecular flexibility index (Phi) is 4.45. The van der Waals surface area contributed by atoms with Crippen molar-refractivity contribution in [3.8, 4) is 0 Å². The lowest BCUT2D eigenvalue weighted by molar-refractivity contribution is -0.142. The number of fused-ring (bicyclic) bond motifs is 2. The summed E-state index contributed by atoms with van der Waals surface area (Å²) in [6.45, 7) is -0.462. The second kappa shape index (κ2) is 6.65. The summed E-state index contributed by atoms with van der Waals surface area (Å²) in [7, 11) is 3.20. The third-order valence-corrected chi connectivity index (χ3v) is 4.81. The Morgan fingerprint density at radius 1 is 1.17 bits per heavy atom. The van der Waals surface area contributed by atoms with E-state index in [0.29, 0.717) is 12.1 Å². The van der Waals surface area contributed by atoms with Gasteiger partial charge < -0.3 is 24.4 Å². The molecule has 2 aromatic rings. The molecule has 1 aromatic carbocycles. The summed E-state index contributed by atoms with van der Waals surface area (Å²) in [5.41, 5.74) is -2.43. The standard InChI is InChI=1S/C17H14F5N5O3/c1-25-13-12(14(29)26(2)16-15(25)30-16)27(6-23-13)5-10(28)24-7-3-8(18)11(9(19)4-7)17(20,21)22/h3-4,6,15-16H,5H2,1-2H3,(H,24,28). The number of aromatic nitrogens is 2. The SMILES string of the molecule is CN1C(=O)c2c(ncn2CC(=O)Nc2cc(F)c(C(F)(F)F)c(F)c2)N(C)C2OC21. The van der Waals surface area contributed by atoms with E-state index in [4.69, 9.17) is 4.74 Å². The van der Waals surface area contributed by atoms with E-state index in [1.165, 1.54) is 22.8 Å².